The van der Waals surface area contributed by atoms with Gasteiger partial charge in [0.25, 0.3) is 0 Å². The Balaban J connectivity index is 2.63. The maximum Gasteiger partial charge on any atom is 0.168 e. The van der Waals surface area contributed by atoms with E-state index in [-0.39, 0.29) is 11.3 Å². The third-order valence-corrected chi connectivity index (χ3v) is 2.26. The van der Waals surface area contributed by atoms with E-state index in [2.05, 4.69) is 4.98 Å². The largest absolute Gasteiger partial charge is 0.397 e. The SMILES string of the molecule is Cc1cnc(-c2cccc(F)c2F)c(N)c1. The number of halogens is 2. The number of nitrogens with zero attached hydrogens (tertiary/aromatic N) is 1. The van der Waals surface area contributed by atoms with E-state index < -0.39 is 11.6 Å². The number of aryl methyl sites for hydroxylation is 1. The van der Waals surface area contributed by atoms with Gasteiger partial charge in [0.2, 0.25) is 0 Å². The molecule has 16 heavy (non-hydrogen) atoms. The highest BCUT2D eigenvalue weighted by molar-refractivity contribution is 5.73. The Hall–Kier alpha value is -1.97. The molecule has 0 radical (unpaired) electrons. The number of benzene rings is 1. The molecular formula is C12H10F2N2. The van der Waals surface area contributed by atoms with Gasteiger partial charge in [0.1, 0.15) is 0 Å². The van der Waals surface area contributed by atoms with Crippen molar-refractivity contribution in [2.75, 3.05) is 5.73 Å². The van der Waals surface area contributed by atoms with Crippen molar-refractivity contribution in [3.8, 4) is 11.3 Å². The summed E-state index contributed by atoms with van der Waals surface area (Å²) >= 11 is 0. The number of anilines is 1. The number of aromatic nitrogens is 1. The van der Waals surface area contributed by atoms with Crippen LogP contribution in [0.1, 0.15) is 5.56 Å². The average molecular weight is 220 g/mol. The van der Waals surface area contributed by atoms with E-state index in [9.17, 15) is 8.78 Å². The number of pyridine rings is 1. The van der Waals surface area contributed by atoms with Gasteiger partial charge in [-0.1, -0.05) is 6.07 Å². The van der Waals surface area contributed by atoms with Crippen molar-refractivity contribution in [2.45, 2.75) is 6.92 Å². The normalized spacial score (nSPS) is 10.4. The number of nitrogen functional groups attached to an aromatic ring is 1. The van der Waals surface area contributed by atoms with Crippen molar-refractivity contribution in [1.29, 1.82) is 0 Å². The fourth-order valence-electron chi connectivity index (χ4n) is 1.50. The van der Waals surface area contributed by atoms with Crippen LogP contribution in [0.25, 0.3) is 11.3 Å². The molecule has 0 amide bonds. The molecule has 0 spiro atoms. The van der Waals surface area contributed by atoms with Crippen molar-refractivity contribution in [1.82, 2.24) is 4.98 Å². The van der Waals surface area contributed by atoms with E-state index >= 15 is 0 Å². The third-order valence-electron chi connectivity index (χ3n) is 2.26. The lowest BCUT2D eigenvalue weighted by molar-refractivity contribution is 0.511. The molecule has 0 saturated heterocycles. The summed E-state index contributed by atoms with van der Waals surface area (Å²) in [4.78, 5) is 4.02. The maximum absolute atomic E-state index is 13.5. The predicted octanol–water partition coefficient (Wildman–Crippen LogP) is 2.92. The fraction of sp³-hybridized carbons (Fsp3) is 0.0833. The first-order valence-electron chi connectivity index (χ1n) is 4.76. The first-order valence-corrected chi connectivity index (χ1v) is 4.76. The zero-order chi connectivity index (χ0) is 11.7. The van der Waals surface area contributed by atoms with Gasteiger partial charge in [0.05, 0.1) is 11.4 Å². The average Bonchev–Trinajstić information content (AvgIpc) is 2.23. The lowest BCUT2D eigenvalue weighted by Crippen LogP contribution is -1.97. The molecule has 2 N–H and O–H groups in total. The van der Waals surface area contributed by atoms with Gasteiger partial charge in [0, 0.05) is 11.8 Å². The summed E-state index contributed by atoms with van der Waals surface area (Å²) in [6.07, 6.45) is 1.57. The van der Waals surface area contributed by atoms with E-state index in [1.165, 1.54) is 12.1 Å². The van der Waals surface area contributed by atoms with Gasteiger partial charge < -0.3 is 5.73 Å². The van der Waals surface area contributed by atoms with E-state index in [1.54, 1.807) is 12.3 Å². The zero-order valence-electron chi connectivity index (χ0n) is 8.67. The molecule has 0 unspecified atom stereocenters. The van der Waals surface area contributed by atoms with E-state index in [0.717, 1.165) is 11.6 Å². The minimum atomic E-state index is -0.925. The Bertz CT molecular complexity index is 539. The van der Waals surface area contributed by atoms with Crippen molar-refractivity contribution in [2.24, 2.45) is 0 Å². The van der Waals surface area contributed by atoms with E-state index in [1.807, 2.05) is 6.92 Å². The summed E-state index contributed by atoms with van der Waals surface area (Å²) in [7, 11) is 0. The monoisotopic (exact) mass is 220 g/mol. The third kappa shape index (κ3) is 1.74. The second kappa shape index (κ2) is 3.89. The van der Waals surface area contributed by atoms with Crippen LogP contribution in [-0.4, -0.2) is 4.98 Å². The minimum Gasteiger partial charge on any atom is -0.397 e. The molecular weight excluding hydrogens is 210 g/mol. The van der Waals surface area contributed by atoms with Gasteiger partial charge in [-0.3, -0.25) is 4.98 Å². The fourth-order valence-corrected chi connectivity index (χ4v) is 1.50. The van der Waals surface area contributed by atoms with Crippen LogP contribution in [-0.2, 0) is 0 Å². The van der Waals surface area contributed by atoms with Crippen LogP contribution in [0.2, 0.25) is 0 Å². The Labute approximate surface area is 91.7 Å². The van der Waals surface area contributed by atoms with Gasteiger partial charge in [-0.15, -0.1) is 0 Å². The van der Waals surface area contributed by atoms with Gasteiger partial charge in [0.15, 0.2) is 11.6 Å². The van der Waals surface area contributed by atoms with Gasteiger partial charge >= 0.3 is 0 Å². The van der Waals surface area contributed by atoms with Crippen molar-refractivity contribution in [3.05, 3.63) is 47.7 Å². The first-order chi connectivity index (χ1) is 7.59. The maximum atomic E-state index is 13.5. The second-order valence-electron chi connectivity index (χ2n) is 3.55. The molecule has 1 heterocycles. The van der Waals surface area contributed by atoms with Crippen LogP contribution in [0.15, 0.2) is 30.5 Å². The number of rotatable bonds is 1. The second-order valence-corrected chi connectivity index (χ2v) is 3.55. The topological polar surface area (TPSA) is 38.9 Å². The molecule has 4 heteroatoms. The summed E-state index contributed by atoms with van der Waals surface area (Å²) in [5.74, 6) is -1.83. The Kier molecular flexibility index (Phi) is 2.56. The van der Waals surface area contributed by atoms with Crippen molar-refractivity contribution in [3.63, 3.8) is 0 Å². The minimum absolute atomic E-state index is 0.0810. The molecule has 2 aromatic rings. The van der Waals surface area contributed by atoms with Crippen molar-refractivity contribution < 1.29 is 8.78 Å². The van der Waals surface area contributed by atoms with Crippen LogP contribution < -0.4 is 5.73 Å². The molecule has 2 nitrogen and oxygen atoms in total. The summed E-state index contributed by atoms with van der Waals surface area (Å²) < 4.78 is 26.5. The smallest absolute Gasteiger partial charge is 0.168 e. The number of hydrogen-bond donors (Lipinski definition) is 1. The van der Waals surface area contributed by atoms with Crippen LogP contribution in [0.3, 0.4) is 0 Å². The molecule has 82 valence electrons. The zero-order valence-corrected chi connectivity index (χ0v) is 8.67. The number of nitrogens with two attached hydrogens (primary N) is 1. The van der Waals surface area contributed by atoms with E-state index in [0.29, 0.717) is 5.69 Å². The summed E-state index contributed by atoms with van der Waals surface area (Å²) in [6.45, 7) is 1.83. The predicted molar refractivity (Wildman–Crippen MR) is 58.7 cm³/mol. The Morgan fingerprint density at radius 2 is 2.00 bits per heavy atom. The molecule has 2 rings (SSSR count). The lowest BCUT2D eigenvalue weighted by Gasteiger charge is -2.07. The molecule has 0 aliphatic rings. The van der Waals surface area contributed by atoms with Crippen LogP contribution in [0.5, 0.6) is 0 Å². The summed E-state index contributed by atoms with van der Waals surface area (Å²) in [5, 5.41) is 0. The van der Waals surface area contributed by atoms with Crippen LogP contribution >= 0.6 is 0 Å². The highest BCUT2D eigenvalue weighted by Crippen LogP contribution is 2.27. The quantitative estimate of drug-likeness (QED) is 0.802. The highest BCUT2D eigenvalue weighted by Gasteiger charge is 2.13. The molecule has 0 aliphatic carbocycles. The Morgan fingerprint density at radius 1 is 1.25 bits per heavy atom. The van der Waals surface area contributed by atoms with Gasteiger partial charge in [-0.2, -0.15) is 0 Å². The molecule has 1 aromatic carbocycles. The summed E-state index contributed by atoms with van der Waals surface area (Å²) in [6, 6.07) is 5.61. The molecule has 1 aromatic heterocycles. The van der Waals surface area contributed by atoms with Crippen molar-refractivity contribution >= 4 is 5.69 Å². The Morgan fingerprint density at radius 3 is 2.69 bits per heavy atom. The molecule has 0 bridgehead atoms. The molecule has 0 atom stereocenters. The first kappa shape index (κ1) is 10.5. The van der Waals surface area contributed by atoms with Gasteiger partial charge in [-0.05, 0) is 30.7 Å². The summed E-state index contributed by atoms with van der Waals surface area (Å²) in [5.41, 5.74) is 7.28. The molecule has 0 aliphatic heterocycles. The van der Waals surface area contributed by atoms with Gasteiger partial charge in [-0.25, -0.2) is 8.78 Å². The lowest BCUT2D eigenvalue weighted by atomic mass is 10.1. The molecule has 0 fully saturated rings. The van der Waals surface area contributed by atoms with Crippen LogP contribution in [0.4, 0.5) is 14.5 Å². The van der Waals surface area contributed by atoms with E-state index in [4.69, 9.17) is 5.73 Å². The van der Waals surface area contributed by atoms with Crippen LogP contribution in [0, 0.1) is 18.6 Å². The number of hydrogen-bond acceptors (Lipinski definition) is 2. The molecule has 0 saturated carbocycles. The highest BCUT2D eigenvalue weighted by atomic mass is 19.2. The standard InChI is InChI=1S/C12H10F2N2/c1-7-5-10(15)12(16-6-7)8-3-2-4-9(13)11(8)14/h2-6H,15H2,1H3.